The Kier molecular flexibility index (Phi) is 47.7. The number of likely N-dealkylation sites (N-methyl/N-ethyl adjacent to an activating group) is 4. The molecule has 0 atom stereocenters. The summed E-state index contributed by atoms with van der Waals surface area (Å²) in [6, 6.07) is 0. The lowest BCUT2D eigenvalue weighted by Crippen LogP contribution is -3.00. The Morgan fingerprint density at radius 2 is 0.692 bits per heavy atom. The zero-order chi connectivity index (χ0) is 28.3. The van der Waals surface area contributed by atoms with Gasteiger partial charge in [0.05, 0.1) is 54.4 Å². The van der Waals surface area contributed by atoms with Gasteiger partial charge in [-0.3, -0.25) is 0 Å². The first-order valence-corrected chi connectivity index (χ1v) is 14.4. The van der Waals surface area contributed by atoms with Gasteiger partial charge in [0.2, 0.25) is 0 Å². The zero-order valence-electron chi connectivity index (χ0n) is 25.0. The minimum Gasteiger partial charge on any atom is -1.00 e. The Morgan fingerprint density at radius 3 is 0.897 bits per heavy atom. The van der Waals surface area contributed by atoms with Crippen LogP contribution in [-0.2, 0) is 0 Å². The topological polar surface area (TPSA) is 38.0 Å². The summed E-state index contributed by atoms with van der Waals surface area (Å²) >= 11 is 21.7. The number of allylic oxidation sites excluding steroid dienone is 4. The number of rotatable bonds is 16. The van der Waals surface area contributed by atoms with Gasteiger partial charge < -0.3 is 36.6 Å². The molecular formula is C29H62Cl5N4O+. The number of quaternary nitrogens is 2. The van der Waals surface area contributed by atoms with Crippen LogP contribution in [0.2, 0.25) is 0 Å². The molecule has 0 aliphatic heterocycles. The largest absolute Gasteiger partial charge is 1.00 e. The van der Waals surface area contributed by atoms with Crippen LogP contribution >= 0.6 is 46.4 Å². The van der Waals surface area contributed by atoms with E-state index < -0.39 is 0 Å². The van der Waals surface area contributed by atoms with Gasteiger partial charge >= 0.3 is 0 Å². The van der Waals surface area contributed by atoms with Gasteiger partial charge in [-0.25, -0.2) is 0 Å². The smallest absolute Gasteiger partial charge is 0.0974 e. The summed E-state index contributed by atoms with van der Waals surface area (Å²) in [6.45, 7) is 6.15. The van der Waals surface area contributed by atoms with E-state index in [9.17, 15) is 0 Å². The van der Waals surface area contributed by atoms with E-state index >= 15 is 0 Å². The van der Waals surface area contributed by atoms with Gasteiger partial charge in [0.25, 0.3) is 0 Å². The first-order valence-electron chi connectivity index (χ1n) is 12.3. The van der Waals surface area contributed by atoms with Gasteiger partial charge in [-0.2, -0.15) is 0 Å². The molecule has 0 amide bonds. The molecule has 0 saturated carbocycles. The second-order valence-corrected chi connectivity index (χ2v) is 11.3. The molecule has 0 spiro atoms. The van der Waals surface area contributed by atoms with Crippen molar-refractivity contribution in [2.45, 2.75) is 7.43 Å². The minimum atomic E-state index is 0. The molecule has 10 heteroatoms. The molecule has 0 aromatic carbocycles. The second kappa shape index (κ2) is 36.0. The average molecular weight is 661 g/mol. The monoisotopic (exact) mass is 658 g/mol. The summed E-state index contributed by atoms with van der Waals surface area (Å²) in [6.07, 6.45) is 20.9. The van der Waals surface area contributed by atoms with Crippen LogP contribution in [0.25, 0.3) is 0 Å². The number of hydrogen-bond donors (Lipinski definition) is 0. The van der Waals surface area contributed by atoms with Crippen LogP contribution in [0.3, 0.4) is 0 Å². The predicted molar refractivity (Wildman–Crippen MR) is 182 cm³/mol. The summed E-state index contributed by atoms with van der Waals surface area (Å²) in [5.74, 6) is 2.31. The van der Waals surface area contributed by atoms with Crippen LogP contribution in [0.1, 0.15) is 8.85 Å². The van der Waals surface area contributed by atoms with Crippen LogP contribution < -0.4 is 12.4 Å². The van der Waals surface area contributed by atoms with Gasteiger partial charge in [-0.1, -0.05) is 43.9 Å². The van der Waals surface area contributed by atoms with E-state index in [4.69, 9.17) is 46.4 Å². The lowest BCUT2D eigenvalue weighted by atomic mass is 10.3. The first kappa shape index (κ1) is 51.7. The Bertz CT molecular complexity index is 578. The van der Waals surface area contributed by atoms with Crippen molar-refractivity contribution in [3.8, 4) is 0 Å². The highest BCUT2D eigenvalue weighted by atomic mass is 35.5. The maximum Gasteiger partial charge on any atom is 0.0974 e. The van der Waals surface area contributed by atoms with Crippen molar-refractivity contribution >= 4 is 46.4 Å². The van der Waals surface area contributed by atoms with Crippen molar-refractivity contribution in [2.24, 2.45) is 0 Å². The fraction of sp³-hybridized carbons (Fsp3) is 0.655. The molecule has 0 bridgehead atoms. The second-order valence-electron chi connectivity index (χ2n) is 10.1. The molecule has 0 unspecified atom stereocenters. The molecule has 2 N–H and O–H groups in total. The van der Waals surface area contributed by atoms with E-state index in [-0.39, 0.29) is 26.7 Å². The summed E-state index contributed by atoms with van der Waals surface area (Å²) in [4.78, 5) is 4.29. The molecule has 0 aromatic rings. The molecular weight excluding hydrogens is 598 g/mol. The van der Waals surface area contributed by atoms with Gasteiger partial charge in [0.1, 0.15) is 0 Å². The molecule has 0 saturated heterocycles. The fourth-order valence-corrected chi connectivity index (χ4v) is 2.92. The van der Waals surface area contributed by atoms with E-state index in [1.807, 2.05) is 24.3 Å². The van der Waals surface area contributed by atoms with Crippen LogP contribution in [0.15, 0.2) is 60.8 Å². The third kappa shape index (κ3) is 51.2. The quantitative estimate of drug-likeness (QED) is 0.145. The fourth-order valence-electron chi connectivity index (χ4n) is 2.41. The van der Waals surface area contributed by atoms with Gasteiger partial charge in [0, 0.05) is 38.0 Å². The summed E-state index contributed by atoms with van der Waals surface area (Å²) < 4.78 is 1.90. The first-order chi connectivity index (χ1) is 16.9. The van der Waals surface area contributed by atoms with Crippen LogP contribution in [0.4, 0.5) is 0 Å². The van der Waals surface area contributed by atoms with Crippen molar-refractivity contribution in [3.63, 3.8) is 0 Å². The summed E-state index contributed by atoms with van der Waals surface area (Å²) in [7, 11) is 17.2. The molecule has 0 heterocycles. The molecule has 39 heavy (non-hydrogen) atoms. The molecule has 0 rings (SSSR count). The number of halogens is 5. The number of alkyl halides is 4. The maximum atomic E-state index is 5.64. The summed E-state index contributed by atoms with van der Waals surface area (Å²) in [5, 5.41) is 0. The molecule has 238 valence electrons. The maximum absolute atomic E-state index is 5.64. The minimum absolute atomic E-state index is 0. The molecule has 0 aliphatic rings. The van der Waals surface area contributed by atoms with Crippen molar-refractivity contribution in [3.05, 3.63) is 60.8 Å². The molecule has 0 aromatic heterocycles. The van der Waals surface area contributed by atoms with E-state index in [1.165, 1.54) is 0 Å². The lowest BCUT2D eigenvalue weighted by Gasteiger charge is -2.28. The van der Waals surface area contributed by atoms with Crippen LogP contribution in [-0.4, -0.2) is 143 Å². The molecule has 5 nitrogen and oxygen atoms in total. The number of nitrogens with zero attached hydrogens (tertiary/aromatic N) is 4. The third-order valence-corrected chi connectivity index (χ3v) is 5.24. The van der Waals surface area contributed by atoms with Gasteiger partial charge in [-0.05, 0) is 52.5 Å². The Hall–Kier alpha value is -0.0500. The van der Waals surface area contributed by atoms with E-state index in [1.54, 1.807) is 0 Å². The summed E-state index contributed by atoms with van der Waals surface area (Å²) in [5.41, 5.74) is 0. The lowest BCUT2D eigenvalue weighted by molar-refractivity contribution is -0.881. The van der Waals surface area contributed by atoms with E-state index in [0.717, 1.165) is 48.2 Å². The van der Waals surface area contributed by atoms with Crippen molar-refractivity contribution in [1.29, 1.82) is 0 Å². The predicted octanol–water partition coefficient (Wildman–Crippen LogP) is 3.03. The van der Waals surface area contributed by atoms with E-state index in [0.29, 0.717) is 23.5 Å². The Labute approximate surface area is 270 Å². The number of hydrogen-bond acceptors (Lipinski definition) is 2. The van der Waals surface area contributed by atoms with Crippen molar-refractivity contribution < 1.29 is 28.3 Å². The molecule has 0 aliphatic carbocycles. The van der Waals surface area contributed by atoms with E-state index in [2.05, 4.69) is 103 Å². The van der Waals surface area contributed by atoms with Crippen LogP contribution in [0, 0.1) is 0 Å². The van der Waals surface area contributed by atoms with Gasteiger partial charge in [-0.15, -0.1) is 46.4 Å². The molecule has 0 fully saturated rings. The standard InChI is InChI=1S/C16H30Cl2N2.C8H18N2.C4H6Cl2.CH4.ClH.H2O.H2/c1-19(2,13-7-5-11-17)15-9-10-16-20(3,4)14-8-6-12-18;1-9(2)7-5-6-8-10(3)4;5-3-1-2-4-6;;;;/h5-10H,11-16H2,1-4H3;5-6H,7-8H2,1-4H3;1-2H,3-4H2;1H4;1H;1H2;1H/q+2;;;;;;/p-1/b7-5+,8-6+,10-9+;6-5+;2-1+;;;;/i;;;;;;1+1. The SMILES string of the molecule is C.CN(C)C/C=C/CN(C)C.C[N+](C)(C/C=C/CCl)C/C=C/C[N+](C)(C)C/C=C/CCl.ClC/C=C/CCl.O.[2HH].[Cl-]. The molecule has 0 radical (unpaired) electrons. The average Bonchev–Trinajstić information content (AvgIpc) is 2.79. The Balaban J connectivity index is -0.0000000922. The van der Waals surface area contributed by atoms with Crippen LogP contribution in [0.5, 0.6) is 0 Å². The third-order valence-electron chi connectivity index (χ3n) is 4.53. The highest BCUT2D eigenvalue weighted by Gasteiger charge is 2.12. The highest BCUT2D eigenvalue weighted by molar-refractivity contribution is 6.20. The zero-order valence-corrected chi connectivity index (χ0v) is 28.8. The van der Waals surface area contributed by atoms with Crippen molar-refractivity contribution in [1.82, 2.24) is 9.80 Å². The normalized spacial score (nSPS) is 11.9. The van der Waals surface area contributed by atoms with Gasteiger partial charge in [0.15, 0.2) is 0 Å². The Morgan fingerprint density at radius 1 is 0.487 bits per heavy atom. The van der Waals surface area contributed by atoms with Crippen molar-refractivity contribution in [2.75, 3.05) is 119 Å². The highest BCUT2D eigenvalue weighted by Crippen LogP contribution is 2.01.